The summed E-state index contributed by atoms with van der Waals surface area (Å²) in [5.74, 6) is 2.07. The first kappa shape index (κ1) is 17.0. The fourth-order valence-corrected chi connectivity index (χ4v) is 2.08. The highest BCUT2D eigenvalue weighted by molar-refractivity contribution is 9.10. The van der Waals surface area contributed by atoms with Crippen LogP contribution < -0.4 is 10.1 Å². The van der Waals surface area contributed by atoms with Gasteiger partial charge in [0.25, 0.3) is 0 Å². The van der Waals surface area contributed by atoms with E-state index in [0.717, 1.165) is 21.7 Å². The van der Waals surface area contributed by atoms with E-state index in [1.165, 1.54) is 0 Å². The van der Waals surface area contributed by atoms with Crippen LogP contribution in [0.25, 0.3) is 0 Å². The molecule has 23 heavy (non-hydrogen) atoms. The zero-order valence-corrected chi connectivity index (χ0v) is 14.6. The third-order valence-electron chi connectivity index (χ3n) is 2.73. The first-order chi connectivity index (χ1) is 11.3. The van der Waals surface area contributed by atoms with Crippen molar-refractivity contribution in [1.82, 2.24) is 9.97 Å². The van der Waals surface area contributed by atoms with Gasteiger partial charge in [-0.05, 0) is 64.5 Å². The molecule has 0 bridgehead atoms. The number of pyridine rings is 2. The number of aromatic nitrogens is 2. The number of nitrogens with zero attached hydrogens (tertiary/aromatic N) is 2. The predicted molar refractivity (Wildman–Crippen MR) is 97.3 cm³/mol. The average Bonchev–Trinajstić information content (AvgIpc) is 2.61. The van der Waals surface area contributed by atoms with Crippen LogP contribution >= 0.6 is 15.9 Å². The molecule has 0 aliphatic rings. The van der Waals surface area contributed by atoms with Gasteiger partial charge in [0.2, 0.25) is 5.88 Å². The normalized spacial score (nSPS) is 9.52. The fourth-order valence-electron chi connectivity index (χ4n) is 1.75. The summed E-state index contributed by atoms with van der Waals surface area (Å²) in [5, 5.41) is 3.21. The minimum Gasteiger partial charge on any atom is -0.438 e. The molecule has 118 valence electrons. The highest BCUT2D eigenvalue weighted by Gasteiger charge is 2.03. The van der Waals surface area contributed by atoms with Gasteiger partial charge in [-0.2, -0.15) is 0 Å². The van der Waals surface area contributed by atoms with E-state index < -0.39 is 0 Å². The van der Waals surface area contributed by atoms with Crippen molar-refractivity contribution in [3.63, 3.8) is 0 Å². The van der Waals surface area contributed by atoms with Gasteiger partial charge in [-0.1, -0.05) is 19.9 Å². The summed E-state index contributed by atoms with van der Waals surface area (Å²) in [5.41, 5.74) is 0.945. The molecule has 0 aliphatic carbocycles. The molecule has 0 radical (unpaired) electrons. The molecular weight excluding hydrogens is 354 g/mol. The van der Waals surface area contributed by atoms with Crippen molar-refractivity contribution in [2.75, 3.05) is 5.32 Å². The monoisotopic (exact) mass is 371 g/mol. The lowest BCUT2D eigenvalue weighted by atomic mass is 10.3. The molecule has 4 nitrogen and oxygen atoms in total. The van der Waals surface area contributed by atoms with Gasteiger partial charge >= 0.3 is 0 Å². The second kappa shape index (κ2) is 8.90. The largest absolute Gasteiger partial charge is 0.438 e. The van der Waals surface area contributed by atoms with Gasteiger partial charge < -0.3 is 10.1 Å². The van der Waals surface area contributed by atoms with Crippen LogP contribution in [0, 0.1) is 0 Å². The zero-order chi connectivity index (χ0) is 16.5. The van der Waals surface area contributed by atoms with Crippen LogP contribution in [0.15, 0.2) is 71.5 Å². The van der Waals surface area contributed by atoms with E-state index in [4.69, 9.17) is 4.74 Å². The predicted octanol–water partition coefficient (Wildman–Crippen LogP) is 5.80. The average molecular weight is 372 g/mol. The molecule has 0 unspecified atom stereocenters. The topological polar surface area (TPSA) is 47.0 Å². The molecule has 0 atom stereocenters. The molecular formula is C18H18BrN3O. The van der Waals surface area contributed by atoms with Gasteiger partial charge in [0, 0.05) is 18.1 Å². The SMILES string of the molecule is Brc1cccnc1Oc1ccc(Nc2ccccn2)cc1.CC. The Morgan fingerprint density at radius 3 is 2.26 bits per heavy atom. The second-order valence-electron chi connectivity index (χ2n) is 4.26. The number of hydrogen-bond donors (Lipinski definition) is 1. The van der Waals surface area contributed by atoms with Gasteiger partial charge in [-0.15, -0.1) is 0 Å². The first-order valence-corrected chi connectivity index (χ1v) is 8.17. The number of benzene rings is 1. The number of ether oxygens (including phenoxy) is 1. The molecule has 0 saturated heterocycles. The van der Waals surface area contributed by atoms with E-state index in [-0.39, 0.29) is 0 Å². The molecule has 0 spiro atoms. The minimum absolute atomic E-state index is 0.544. The van der Waals surface area contributed by atoms with Crippen LogP contribution in [0.4, 0.5) is 11.5 Å². The molecule has 0 amide bonds. The zero-order valence-electron chi connectivity index (χ0n) is 13.0. The molecule has 0 saturated carbocycles. The Labute approximate surface area is 144 Å². The third kappa shape index (κ3) is 5.07. The van der Waals surface area contributed by atoms with Crippen molar-refractivity contribution in [3.05, 3.63) is 71.5 Å². The van der Waals surface area contributed by atoms with Crippen molar-refractivity contribution in [2.24, 2.45) is 0 Å². The van der Waals surface area contributed by atoms with Crippen molar-refractivity contribution in [3.8, 4) is 11.6 Å². The fraction of sp³-hybridized carbons (Fsp3) is 0.111. The maximum Gasteiger partial charge on any atom is 0.233 e. The smallest absolute Gasteiger partial charge is 0.233 e. The van der Waals surface area contributed by atoms with Crippen LogP contribution in [-0.4, -0.2) is 9.97 Å². The van der Waals surface area contributed by atoms with Crippen LogP contribution in [0.2, 0.25) is 0 Å². The quantitative estimate of drug-likeness (QED) is 0.629. The summed E-state index contributed by atoms with van der Waals surface area (Å²) in [6.07, 6.45) is 3.44. The van der Waals surface area contributed by atoms with Crippen LogP contribution in [0.5, 0.6) is 11.6 Å². The Morgan fingerprint density at radius 1 is 0.870 bits per heavy atom. The van der Waals surface area contributed by atoms with Gasteiger partial charge in [0.15, 0.2) is 0 Å². The lowest BCUT2D eigenvalue weighted by Crippen LogP contribution is -1.93. The van der Waals surface area contributed by atoms with Crippen molar-refractivity contribution >= 4 is 27.4 Å². The summed E-state index contributed by atoms with van der Waals surface area (Å²) in [6.45, 7) is 4.00. The Hall–Kier alpha value is -2.40. The van der Waals surface area contributed by atoms with E-state index in [0.29, 0.717) is 5.88 Å². The second-order valence-corrected chi connectivity index (χ2v) is 5.11. The molecule has 3 aromatic rings. The lowest BCUT2D eigenvalue weighted by molar-refractivity contribution is 0.460. The van der Waals surface area contributed by atoms with Gasteiger partial charge in [-0.3, -0.25) is 0 Å². The maximum absolute atomic E-state index is 5.71. The molecule has 2 aromatic heterocycles. The minimum atomic E-state index is 0.544. The van der Waals surface area contributed by atoms with Gasteiger partial charge in [-0.25, -0.2) is 9.97 Å². The van der Waals surface area contributed by atoms with E-state index in [2.05, 4.69) is 31.2 Å². The Kier molecular flexibility index (Phi) is 6.56. The Balaban J connectivity index is 0.000000924. The van der Waals surface area contributed by atoms with Crippen molar-refractivity contribution in [2.45, 2.75) is 13.8 Å². The highest BCUT2D eigenvalue weighted by atomic mass is 79.9. The molecule has 1 aromatic carbocycles. The summed E-state index contributed by atoms with van der Waals surface area (Å²) in [7, 11) is 0. The molecule has 5 heteroatoms. The standard InChI is InChI=1S/C16H12BrN3O.C2H6/c17-14-4-3-11-19-16(14)21-13-8-6-12(7-9-13)20-15-5-1-2-10-18-15;1-2/h1-11H,(H,18,20);1-2H3. The van der Waals surface area contributed by atoms with E-state index in [9.17, 15) is 0 Å². The molecule has 1 N–H and O–H groups in total. The Morgan fingerprint density at radius 2 is 1.61 bits per heavy atom. The summed E-state index contributed by atoms with van der Waals surface area (Å²) >= 11 is 3.40. The van der Waals surface area contributed by atoms with Gasteiger partial charge in [0.1, 0.15) is 11.6 Å². The van der Waals surface area contributed by atoms with E-state index in [1.54, 1.807) is 12.4 Å². The van der Waals surface area contributed by atoms with Crippen molar-refractivity contribution in [1.29, 1.82) is 0 Å². The van der Waals surface area contributed by atoms with Gasteiger partial charge in [0.05, 0.1) is 4.47 Å². The van der Waals surface area contributed by atoms with Crippen LogP contribution in [0.3, 0.4) is 0 Å². The number of halogens is 1. The summed E-state index contributed by atoms with van der Waals surface area (Å²) < 4.78 is 6.53. The number of nitrogens with one attached hydrogen (secondary N) is 1. The number of hydrogen-bond acceptors (Lipinski definition) is 4. The molecule has 3 rings (SSSR count). The lowest BCUT2D eigenvalue weighted by Gasteiger charge is -2.08. The van der Waals surface area contributed by atoms with Crippen LogP contribution in [0.1, 0.15) is 13.8 Å². The van der Waals surface area contributed by atoms with E-state index >= 15 is 0 Å². The molecule has 2 heterocycles. The van der Waals surface area contributed by atoms with Crippen molar-refractivity contribution < 1.29 is 4.74 Å². The Bertz CT molecular complexity index is 718. The summed E-state index contributed by atoms with van der Waals surface area (Å²) in [6, 6.07) is 17.1. The highest BCUT2D eigenvalue weighted by Crippen LogP contribution is 2.27. The number of rotatable bonds is 4. The molecule has 0 aliphatic heterocycles. The number of anilines is 2. The van der Waals surface area contributed by atoms with E-state index in [1.807, 2.05) is 68.4 Å². The maximum atomic E-state index is 5.71. The van der Waals surface area contributed by atoms with Crippen LogP contribution in [-0.2, 0) is 0 Å². The first-order valence-electron chi connectivity index (χ1n) is 7.38. The molecule has 0 fully saturated rings. The third-order valence-corrected chi connectivity index (χ3v) is 3.33. The summed E-state index contributed by atoms with van der Waals surface area (Å²) in [4.78, 5) is 8.39.